The fourth-order valence-electron chi connectivity index (χ4n) is 1.08. The molecule has 0 saturated carbocycles. The summed E-state index contributed by atoms with van der Waals surface area (Å²) in [6.45, 7) is 1.72. The average Bonchev–Trinajstić information content (AvgIpc) is 2.16. The molecule has 0 aliphatic carbocycles. The molecule has 0 unspecified atom stereocenters. The molecule has 0 radical (unpaired) electrons. The van der Waals surface area contributed by atoms with Gasteiger partial charge in [0, 0.05) is 11.1 Å². The lowest BCUT2D eigenvalue weighted by molar-refractivity contribution is -0.131. The number of Topliss-reactive ketones (excluding diaryl/α,β-unsaturated/α-hetero) is 1. The number of carboxylic acids is 1. The highest BCUT2D eigenvalue weighted by Gasteiger charge is 2.17. The Balaban J connectivity index is 3.30. The highest BCUT2D eigenvalue weighted by molar-refractivity contribution is 6.40. The zero-order valence-corrected chi connectivity index (χ0v) is 7.48. The van der Waals surface area contributed by atoms with Crippen molar-refractivity contribution >= 4 is 18.0 Å². The largest absolute Gasteiger partial charge is 0.475 e. The smallest absolute Gasteiger partial charge is 0.377 e. The van der Waals surface area contributed by atoms with E-state index in [9.17, 15) is 14.4 Å². The van der Waals surface area contributed by atoms with Crippen molar-refractivity contribution in [2.75, 3.05) is 0 Å². The zero-order chi connectivity index (χ0) is 10.7. The number of aldehydes is 1. The molecule has 0 aliphatic rings. The molecule has 0 saturated heterocycles. The Hall–Kier alpha value is -1.97. The van der Waals surface area contributed by atoms with Crippen molar-refractivity contribution in [2.24, 2.45) is 0 Å². The van der Waals surface area contributed by atoms with Crippen molar-refractivity contribution in [2.45, 2.75) is 6.92 Å². The first-order valence-electron chi connectivity index (χ1n) is 3.89. The summed E-state index contributed by atoms with van der Waals surface area (Å²) in [7, 11) is 0. The van der Waals surface area contributed by atoms with Gasteiger partial charge in [-0.25, -0.2) is 4.79 Å². The van der Waals surface area contributed by atoms with Crippen LogP contribution < -0.4 is 0 Å². The molecule has 1 aromatic rings. The number of benzene rings is 1. The Kier molecular flexibility index (Phi) is 2.76. The summed E-state index contributed by atoms with van der Waals surface area (Å²) in [5.41, 5.74) is 0.774. The van der Waals surface area contributed by atoms with Gasteiger partial charge in [-0.2, -0.15) is 0 Å². The van der Waals surface area contributed by atoms with Crippen LogP contribution in [0.1, 0.15) is 26.3 Å². The molecule has 0 aliphatic heterocycles. The summed E-state index contributed by atoms with van der Waals surface area (Å²) in [6, 6.07) is 4.46. The maximum atomic E-state index is 11.1. The Bertz CT molecular complexity index is 407. The van der Waals surface area contributed by atoms with Crippen LogP contribution in [0.25, 0.3) is 0 Å². The normalized spacial score (nSPS) is 9.50. The first-order chi connectivity index (χ1) is 6.56. The van der Waals surface area contributed by atoms with E-state index in [4.69, 9.17) is 5.11 Å². The summed E-state index contributed by atoms with van der Waals surface area (Å²) in [5, 5.41) is 8.48. The highest BCUT2D eigenvalue weighted by Crippen LogP contribution is 2.10. The number of carbonyl (C=O) groups is 3. The average molecular weight is 192 g/mol. The standard InChI is InChI=1S/C10H8O4/c1-6-2-3-7(5-11)8(4-6)9(12)10(13)14/h2-5H,1H3,(H,13,14). The summed E-state index contributed by atoms with van der Waals surface area (Å²) < 4.78 is 0. The fraction of sp³-hybridized carbons (Fsp3) is 0.100. The van der Waals surface area contributed by atoms with Gasteiger partial charge in [-0.15, -0.1) is 0 Å². The van der Waals surface area contributed by atoms with Crippen LogP contribution in [0.2, 0.25) is 0 Å². The molecule has 0 aromatic heterocycles. The molecule has 0 bridgehead atoms. The van der Waals surface area contributed by atoms with Crippen LogP contribution in [0.4, 0.5) is 0 Å². The van der Waals surface area contributed by atoms with E-state index in [0.29, 0.717) is 6.29 Å². The molecule has 1 N–H and O–H groups in total. The van der Waals surface area contributed by atoms with E-state index in [1.807, 2.05) is 0 Å². The van der Waals surface area contributed by atoms with Gasteiger partial charge in [-0.05, 0) is 13.0 Å². The SMILES string of the molecule is Cc1ccc(C=O)c(C(=O)C(=O)O)c1. The highest BCUT2D eigenvalue weighted by atomic mass is 16.4. The molecule has 72 valence electrons. The lowest BCUT2D eigenvalue weighted by Gasteiger charge is -2.01. The van der Waals surface area contributed by atoms with Crippen molar-refractivity contribution in [3.8, 4) is 0 Å². The van der Waals surface area contributed by atoms with Crippen LogP contribution >= 0.6 is 0 Å². The van der Waals surface area contributed by atoms with Crippen LogP contribution in [0, 0.1) is 6.92 Å². The van der Waals surface area contributed by atoms with E-state index in [2.05, 4.69) is 0 Å². The minimum absolute atomic E-state index is 0.0625. The van der Waals surface area contributed by atoms with Gasteiger partial charge in [0.2, 0.25) is 0 Å². The number of hydrogen-bond donors (Lipinski definition) is 1. The van der Waals surface area contributed by atoms with Gasteiger partial charge >= 0.3 is 5.97 Å². The minimum atomic E-state index is -1.56. The fourth-order valence-corrected chi connectivity index (χ4v) is 1.08. The Morgan fingerprint density at radius 1 is 1.36 bits per heavy atom. The number of aryl methyl sites for hydroxylation is 1. The zero-order valence-electron chi connectivity index (χ0n) is 7.48. The van der Waals surface area contributed by atoms with Crippen LogP contribution in [-0.4, -0.2) is 23.1 Å². The summed E-state index contributed by atoms with van der Waals surface area (Å²) in [6.07, 6.45) is 0.468. The van der Waals surface area contributed by atoms with Crippen molar-refractivity contribution in [1.29, 1.82) is 0 Å². The molecular weight excluding hydrogens is 184 g/mol. The number of carbonyl (C=O) groups excluding carboxylic acids is 2. The second-order valence-electron chi connectivity index (χ2n) is 2.84. The first kappa shape index (κ1) is 10.1. The molecule has 0 atom stereocenters. The van der Waals surface area contributed by atoms with Crippen LogP contribution in [0.5, 0.6) is 0 Å². The molecule has 4 nitrogen and oxygen atoms in total. The van der Waals surface area contributed by atoms with Gasteiger partial charge in [0.1, 0.15) is 0 Å². The minimum Gasteiger partial charge on any atom is -0.475 e. The maximum Gasteiger partial charge on any atom is 0.377 e. The molecule has 1 rings (SSSR count). The predicted octanol–water partition coefficient (Wildman–Crippen LogP) is 1.07. The van der Waals surface area contributed by atoms with E-state index in [1.54, 1.807) is 13.0 Å². The molecule has 14 heavy (non-hydrogen) atoms. The maximum absolute atomic E-state index is 11.1. The molecule has 0 amide bonds. The molecule has 0 fully saturated rings. The summed E-state index contributed by atoms with van der Waals surface area (Å²) >= 11 is 0. The summed E-state index contributed by atoms with van der Waals surface area (Å²) in [5.74, 6) is -2.62. The summed E-state index contributed by atoms with van der Waals surface area (Å²) in [4.78, 5) is 32.1. The first-order valence-corrected chi connectivity index (χ1v) is 3.89. The Morgan fingerprint density at radius 2 is 2.00 bits per heavy atom. The monoisotopic (exact) mass is 192 g/mol. The molecule has 0 heterocycles. The third-order valence-electron chi connectivity index (χ3n) is 1.77. The number of carboxylic acid groups (broad SMARTS) is 1. The molecule has 4 heteroatoms. The van der Waals surface area contributed by atoms with Gasteiger partial charge in [0.05, 0.1) is 0 Å². The van der Waals surface area contributed by atoms with E-state index in [0.717, 1.165) is 5.56 Å². The van der Waals surface area contributed by atoms with Crippen LogP contribution in [0.3, 0.4) is 0 Å². The molecule has 1 aromatic carbocycles. The van der Waals surface area contributed by atoms with Crippen molar-refractivity contribution in [3.63, 3.8) is 0 Å². The second-order valence-corrected chi connectivity index (χ2v) is 2.84. The second kappa shape index (κ2) is 3.83. The van der Waals surface area contributed by atoms with Crippen molar-refractivity contribution < 1.29 is 19.5 Å². The van der Waals surface area contributed by atoms with E-state index >= 15 is 0 Å². The van der Waals surface area contributed by atoms with Crippen molar-refractivity contribution in [1.82, 2.24) is 0 Å². The lowest BCUT2D eigenvalue weighted by Crippen LogP contribution is -2.15. The number of rotatable bonds is 3. The van der Waals surface area contributed by atoms with E-state index < -0.39 is 11.8 Å². The number of hydrogen-bond acceptors (Lipinski definition) is 3. The van der Waals surface area contributed by atoms with Gasteiger partial charge in [0.15, 0.2) is 6.29 Å². The van der Waals surface area contributed by atoms with E-state index in [1.165, 1.54) is 12.1 Å². The molecule has 0 spiro atoms. The lowest BCUT2D eigenvalue weighted by atomic mass is 10.0. The number of aliphatic carboxylic acids is 1. The Labute approximate surface area is 80.2 Å². The van der Waals surface area contributed by atoms with Gasteiger partial charge in [-0.1, -0.05) is 17.7 Å². The number of ketones is 1. The Morgan fingerprint density at radius 3 is 2.50 bits per heavy atom. The van der Waals surface area contributed by atoms with Crippen molar-refractivity contribution in [3.05, 3.63) is 34.9 Å². The topological polar surface area (TPSA) is 71.4 Å². The predicted molar refractivity (Wildman–Crippen MR) is 48.5 cm³/mol. The molecular formula is C10H8O4. The van der Waals surface area contributed by atoms with Gasteiger partial charge < -0.3 is 5.11 Å². The van der Waals surface area contributed by atoms with Gasteiger partial charge in [-0.3, -0.25) is 9.59 Å². The van der Waals surface area contributed by atoms with Crippen LogP contribution in [0.15, 0.2) is 18.2 Å². The third kappa shape index (κ3) is 1.85. The van der Waals surface area contributed by atoms with Gasteiger partial charge in [0.25, 0.3) is 5.78 Å². The quantitative estimate of drug-likeness (QED) is 0.441. The third-order valence-corrected chi connectivity index (χ3v) is 1.77. The van der Waals surface area contributed by atoms with Crippen LogP contribution in [-0.2, 0) is 4.79 Å². The van der Waals surface area contributed by atoms with E-state index in [-0.39, 0.29) is 11.1 Å².